The smallest absolute Gasteiger partial charge is 0.471 e. The van der Waals surface area contributed by atoms with Gasteiger partial charge < -0.3 is 15.8 Å². The molecule has 3 aliphatic rings. The first kappa shape index (κ1) is 36.2. The number of guanidine groups is 1. The van der Waals surface area contributed by atoms with Crippen LogP contribution in [-0.2, 0) is 20.8 Å². The standard InChI is InChI=1S/C35H40F3N7O5/c1-34(2,3)50-25-15-9-20(10-16-25)17-26(28(46)21-7-5-4-6-8-21)42-30(47)22-11-13-24(14-12-22)45(32(49)35(36,37)38)19-23-18-40-29-27(41-23)31(48)44-33(39)43-29/h9-16,18,21,26-27,29H,4-8,17,19H2,1-3H3,(H,42,47)(H3,39,43,44,48)/t26-,27?,29?/m0/s1. The highest BCUT2D eigenvalue weighted by molar-refractivity contribution is 6.34. The van der Waals surface area contributed by atoms with Crippen LogP contribution in [0.25, 0.3) is 0 Å². The number of aliphatic imine (C=N–C) groups is 3. The van der Waals surface area contributed by atoms with Gasteiger partial charge in [-0.05, 0) is 82.0 Å². The number of anilines is 1. The Labute approximate surface area is 287 Å². The maximum Gasteiger partial charge on any atom is 0.471 e. The quantitative estimate of drug-likeness (QED) is 0.341. The lowest BCUT2D eigenvalue weighted by Gasteiger charge is -2.28. The van der Waals surface area contributed by atoms with E-state index in [1.807, 2.05) is 45.0 Å². The Morgan fingerprint density at radius 2 is 1.66 bits per heavy atom. The number of alkyl halides is 3. The van der Waals surface area contributed by atoms with Crippen LogP contribution < -0.4 is 26.0 Å². The first-order valence-electron chi connectivity index (χ1n) is 16.4. The summed E-state index contributed by atoms with van der Waals surface area (Å²) in [7, 11) is 0. The van der Waals surface area contributed by atoms with Crippen molar-refractivity contribution in [1.29, 1.82) is 0 Å². The number of rotatable bonds is 10. The summed E-state index contributed by atoms with van der Waals surface area (Å²) in [6, 6.07) is 10.3. The Balaban J connectivity index is 1.34. The molecule has 4 N–H and O–H groups in total. The van der Waals surface area contributed by atoms with Crippen molar-refractivity contribution in [1.82, 2.24) is 10.6 Å². The summed E-state index contributed by atoms with van der Waals surface area (Å²) in [5, 5.41) is 5.15. The van der Waals surface area contributed by atoms with Crippen LogP contribution in [0.3, 0.4) is 0 Å². The van der Waals surface area contributed by atoms with Gasteiger partial charge in [0.2, 0.25) is 0 Å². The zero-order valence-electron chi connectivity index (χ0n) is 28.0. The molecule has 2 unspecified atom stereocenters. The Morgan fingerprint density at radius 1 is 1.00 bits per heavy atom. The number of carbonyl (C=O) groups is 4. The van der Waals surface area contributed by atoms with E-state index in [0.29, 0.717) is 10.6 Å². The van der Waals surface area contributed by atoms with Gasteiger partial charge in [-0.15, -0.1) is 0 Å². The number of amides is 3. The van der Waals surface area contributed by atoms with Crippen molar-refractivity contribution in [2.75, 3.05) is 11.4 Å². The molecule has 2 aromatic carbocycles. The van der Waals surface area contributed by atoms with Gasteiger partial charge in [-0.1, -0.05) is 31.4 Å². The SMILES string of the molecule is CC(C)(C)Oc1ccc(C[C@H](NC(=O)c2ccc(N(CC3=NC4C(=O)NC(N)=NC4N=C3)C(=O)C(F)(F)F)cc2)C(=O)C2CCCCC2)cc1. The molecule has 0 radical (unpaired) electrons. The van der Waals surface area contributed by atoms with Gasteiger partial charge in [0.15, 0.2) is 24.0 Å². The molecule has 3 amide bonds. The molecule has 266 valence electrons. The second kappa shape index (κ2) is 14.8. The molecule has 0 bridgehead atoms. The predicted octanol–water partition coefficient (Wildman–Crippen LogP) is 3.91. The number of fused-ring (bicyclic) bond motifs is 1. The highest BCUT2D eigenvalue weighted by Crippen LogP contribution is 2.28. The lowest BCUT2D eigenvalue weighted by molar-refractivity contribution is -0.170. The molecule has 15 heteroatoms. The third-order valence-electron chi connectivity index (χ3n) is 8.45. The molecule has 1 fully saturated rings. The lowest BCUT2D eigenvalue weighted by atomic mass is 9.82. The minimum absolute atomic E-state index is 0.0659. The molecule has 0 aromatic heterocycles. The van der Waals surface area contributed by atoms with Gasteiger partial charge in [0, 0.05) is 23.4 Å². The number of nitrogens with one attached hydrogen (secondary N) is 2. The molecular weight excluding hydrogens is 655 g/mol. The summed E-state index contributed by atoms with van der Waals surface area (Å²) in [5.41, 5.74) is 5.81. The fraction of sp³-hybridized carbons (Fsp3) is 0.457. The van der Waals surface area contributed by atoms with Crippen LogP contribution in [0.5, 0.6) is 5.75 Å². The summed E-state index contributed by atoms with van der Waals surface area (Å²) in [4.78, 5) is 64.7. The van der Waals surface area contributed by atoms with E-state index < -0.39 is 48.7 Å². The van der Waals surface area contributed by atoms with Crippen LogP contribution in [-0.4, -0.2) is 78.0 Å². The van der Waals surface area contributed by atoms with Gasteiger partial charge in [0.25, 0.3) is 11.8 Å². The average Bonchev–Trinajstić information content (AvgIpc) is 3.06. The van der Waals surface area contributed by atoms with E-state index in [0.717, 1.165) is 43.9 Å². The molecule has 2 aliphatic heterocycles. The molecule has 2 aromatic rings. The van der Waals surface area contributed by atoms with Crippen molar-refractivity contribution in [2.24, 2.45) is 26.6 Å². The highest BCUT2D eigenvalue weighted by Gasteiger charge is 2.44. The Hall–Kier alpha value is -5.08. The largest absolute Gasteiger partial charge is 0.488 e. The van der Waals surface area contributed by atoms with Crippen molar-refractivity contribution in [2.45, 2.75) is 89.3 Å². The zero-order chi connectivity index (χ0) is 36.2. The first-order chi connectivity index (χ1) is 23.6. The van der Waals surface area contributed by atoms with E-state index in [1.165, 1.54) is 24.3 Å². The number of halogens is 3. The van der Waals surface area contributed by atoms with Gasteiger partial charge >= 0.3 is 12.1 Å². The minimum Gasteiger partial charge on any atom is -0.488 e. The number of nitrogens with two attached hydrogens (primary N) is 1. The number of hydrogen-bond donors (Lipinski definition) is 3. The predicted molar refractivity (Wildman–Crippen MR) is 181 cm³/mol. The van der Waals surface area contributed by atoms with Crippen molar-refractivity contribution >= 4 is 47.1 Å². The Morgan fingerprint density at radius 3 is 2.28 bits per heavy atom. The summed E-state index contributed by atoms with van der Waals surface area (Å²) < 4.78 is 47.0. The van der Waals surface area contributed by atoms with Crippen LogP contribution in [0.1, 0.15) is 68.8 Å². The van der Waals surface area contributed by atoms with E-state index in [1.54, 1.807) is 0 Å². The normalized spacial score (nSPS) is 20.1. The Bertz CT molecular complexity index is 1690. The van der Waals surface area contributed by atoms with Crippen LogP contribution in [0.2, 0.25) is 0 Å². The summed E-state index contributed by atoms with van der Waals surface area (Å²) >= 11 is 0. The van der Waals surface area contributed by atoms with Crippen LogP contribution in [0.15, 0.2) is 63.5 Å². The second-order valence-electron chi connectivity index (χ2n) is 13.5. The third-order valence-corrected chi connectivity index (χ3v) is 8.45. The van der Waals surface area contributed by atoms with E-state index >= 15 is 0 Å². The van der Waals surface area contributed by atoms with Crippen molar-refractivity contribution in [3.8, 4) is 5.75 Å². The van der Waals surface area contributed by atoms with Crippen LogP contribution in [0, 0.1) is 5.92 Å². The number of carbonyl (C=O) groups excluding carboxylic acids is 4. The molecule has 1 saturated carbocycles. The monoisotopic (exact) mass is 695 g/mol. The first-order valence-corrected chi connectivity index (χ1v) is 16.4. The van der Waals surface area contributed by atoms with Gasteiger partial charge in [-0.25, -0.2) is 4.99 Å². The van der Waals surface area contributed by atoms with Crippen LogP contribution in [0.4, 0.5) is 18.9 Å². The van der Waals surface area contributed by atoms with Crippen molar-refractivity contribution in [3.05, 3.63) is 59.7 Å². The van der Waals surface area contributed by atoms with E-state index in [-0.39, 0.29) is 46.6 Å². The van der Waals surface area contributed by atoms with E-state index in [9.17, 15) is 32.3 Å². The summed E-state index contributed by atoms with van der Waals surface area (Å²) in [6.07, 6.45) is -0.428. The topological polar surface area (TPSA) is 168 Å². The Kier molecular flexibility index (Phi) is 10.7. The number of hydrogen-bond acceptors (Lipinski definition) is 9. The molecule has 12 nitrogen and oxygen atoms in total. The lowest BCUT2D eigenvalue weighted by Crippen LogP contribution is -2.53. The van der Waals surface area contributed by atoms with Gasteiger partial charge in [0.05, 0.1) is 18.3 Å². The maximum absolute atomic E-state index is 13.7. The molecule has 3 atom stereocenters. The number of Topliss-reactive ketones (excluding diaryl/α,β-unsaturated/α-hetero) is 1. The zero-order valence-corrected chi connectivity index (χ0v) is 28.0. The maximum atomic E-state index is 13.7. The summed E-state index contributed by atoms with van der Waals surface area (Å²) in [5.74, 6) is -3.14. The molecule has 0 saturated heterocycles. The third kappa shape index (κ3) is 9.12. The number of ether oxygens (including phenoxy) is 1. The minimum atomic E-state index is -5.24. The molecule has 0 spiro atoms. The van der Waals surface area contributed by atoms with Gasteiger partial charge in [-0.2, -0.15) is 13.2 Å². The molecule has 50 heavy (non-hydrogen) atoms. The average molecular weight is 696 g/mol. The van der Waals surface area contributed by atoms with Crippen molar-refractivity contribution in [3.63, 3.8) is 0 Å². The number of benzene rings is 2. The number of ketones is 1. The van der Waals surface area contributed by atoms with Crippen molar-refractivity contribution < 1.29 is 37.1 Å². The van der Waals surface area contributed by atoms with E-state index in [4.69, 9.17) is 10.5 Å². The highest BCUT2D eigenvalue weighted by atomic mass is 19.4. The molecule has 2 heterocycles. The van der Waals surface area contributed by atoms with Gasteiger partial charge in [0.1, 0.15) is 11.4 Å². The molecule has 1 aliphatic carbocycles. The summed E-state index contributed by atoms with van der Waals surface area (Å²) in [6.45, 7) is 5.15. The fourth-order valence-electron chi connectivity index (χ4n) is 6.08. The van der Waals surface area contributed by atoms with Crippen LogP contribution >= 0.6 is 0 Å². The molecular formula is C35H40F3N7O5. The number of nitrogens with zero attached hydrogens (tertiary/aromatic N) is 4. The van der Waals surface area contributed by atoms with E-state index in [2.05, 4.69) is 25.6 Å². The fourth-order valence-corrected chi connectivity index (χ4v) is 6.08. The van der Waals surface area contributed by atoms with Gasteiger partial charge in [-0.3, -0.25) is 39.4 Å². The second-order valence-corrected chi connectivity index (χ2v) is 13.5. The molecule has 5 rings (SSSR count).